The SMILES string of the molecule is CSc1ccc(COC(=O)c2cc3c(cc2[N+](=O)[O-])OCO3)cc1. The van der Waals surface area contributed by atoms with Crippen molar-refractivity contribution in [2.24, 2.45) is 0 Å². The highest BCUT2D eigenvalue weighted by molar-refractivity contribution is 7.98. The zero-order chi connectivity index (χ0) is 17.1. The van der Waals surface area contributed by atoms with Crippen molar-refractivity contribution in [1.29, 1.82) is 0 Å². The molecule has 0 saturated heterocycles. The summed E-state index contributed by atoms with van der Waals surface area (Å²) >= 11 is 1.61. The van der Waals surface area contributed by atoms with Gasteiger partial charge in [0.05, 0.1) is 11.0 Å². The topological polar surface area (TPSA) is 87.9 Å². The van der Waals surface area contributed by atoms with Crippen LogP contribution in [0.1, 0.15) is 15.9 Å². The van der Waals surface area contributed by atoms with Crippen molar-refractivity contribution in [2.45, 2.75) is 11.5 Å². The molecule has 0 spiro atoms. The third-order valence-electron chi connectivity index (χ3n) is 3.44. The number of esters is 1. The van der Waals surface area contributed by atoms with E-state index in [0.29, 0.717) is 0 Å². The number of nitro benzene ring substituents is 1. The van der Waals surface area contributed by atoms with Crippen LogP contribution in [0.3, 0.4) is 0 Å². The van der Waals surface area contributed by atoms with E-state index in [1.54, 1.807) is 11.8 Å². The molecule has 0 aromatic heterocycles. The normalized spacial score (nSPS) is 12.0. The highest BCUT2D eigenvalue weighted by Gasteiger charge is 2.28. The lowest BCUT2D eigenvalue weighted by Crippen LogP contribution is -2.08. The van der Waals surface area contributed by atoms with Gasteiger partial charge in [0.25, 0.3) is 5.69 Å². The van der Waals surface area contributed by atoms with Crippen LogP contribution in [0.2, 0.25) is 0 Å². The lowest BCUT2D eigenvalue weighted by molar-refractivity contribution is -0.385. The number of nitrogens with zero attached hydrogens (tertiary/aromatic N) is 1. The fourth-order valence-corrected chi connectivity index (χ4v) is 2.60. The van der Waals surface area contributed by atoms with Gasteiger partial charge in [-0.1, -0.05) is 12.1 Å². The van der Waals surface area contributed by atoms with Gasteiger partial charge in [0, 0.05) is 11.0 Å². The van der Waals surface area contributed by atoms with Crippen LogP contribution in [-0.4, -0.2) is 23.9 Å². The van der Waals surface area contributed by atoms with E-state index in [1.807, 2.05) is 30.5 Å². The molecule has 3 rings (SSSR count). The number of rotatable bonds is 5. The smallest absolute Gasteiger partial charge is 0.345 e. The van der Waals surface area contributed by atoms with Crippen molar-refractivity contribution in [3.05, 3.63) is 57.6 Å². The van der Waals surface area contributed by atoms with E-state index in [2.05, 4.69) is 0 Å². The Hall–Kier alpha value is -2.74. The highest BCUT2D eigenvalue weighted by Crippen LogP contribution is 2.38. The van der Waals surface area contributed by atoms with Gasteiger partial charge in [-0.15, -0.1) is 11.8 Å². The zero-order valence-corrected chi connectivity index (χ0v) is 13.5. The van der Waals surface area contributed by atoms with Crippen molar-refractivity contribution in [3.8, 4) is 11.5 Å². The van der Waals surface area contributed by atoms with E-state index < -0.39 is 10.9 Å². The number of fused-ring (bicyclic) bond motifs is 1. The molecule has 1 aliphatic heterocycles. The number of ether oxygens (including phenoxy) is 3. The summed E-state index contributed by atoms with van der Waals surface area (Å²) in [5, 5.41) is 11.2. The number of carbonyl (C=O) groups is 1. The van der Waals surface area contributed by atoms with Gasteiger partial charge in [-0.25, -0.2) is 4.79 Å². The van der Waals surface area contributed by atoms with Crippen LogP contribution >= 0.6 is 11.8 Å². The van der Waals surface area contributed by atoms with Crippen molar-refractivity contribution in [2.75, 3.05) is 13.0 Å². The van der Waals surface area contributed by atoms with E-state index in [-0.39, 0.29) is 36.1 Å². The third kappa shape index (κ3) is 3.28. The number of carbonyl (C=O) groups excluding carboxylic acids is 1. The van der Waals surface area contributed by atoms with E-state index in [9.17, 15) is 14.9 Å². The number of benzene rings is 2. The summed E-state index contributed by atoms with van der Waals surface area (Å²) in [6, 6.07) is 9.96. The molecule has 0 bridgehead atoms. The van der Waals surface area contributed by atoms with Crippen LogP contribution in [0.5, 0.6) is 11.5 Å². The first-order valence-corrected chi connectivity index (χ1v) is 8.19. The molecule has 0 saturated carbocycles. The van der Waals surface area contributed by atoms with Crippen LogP contribution < -0.4 is 9.47 Å². The molecular formula is C16H13NO6S. The minimum atomic E-state index is -0.783. The number of thioether (sulfide) groups is 1. The third-order valence-corrected chi connectivity index (χ3v) is 4.18. The molecular weight excluding hydrogens is 334 g/mol. The van der Waals surface area contributed by atoms with E-state index in [1.165, 1.54) is 12.1 Å². The van der Waals surface area contributed by atoms with Gasteiger partial charge in [-0.3, -0.25) is 10.1 Å². The molecule has 1 aliphatic rings. The first kappa shape index (κ1) is 16.1. The largest absolute Gasteiger partial charge is 0.457 e. The van der Waals surface area contributed by atoms with Crippen LogP contribution in [0.15, 0.2) is 41.3 Å². The molecule has 0 radical (unpaired) electrons. The first-order chi connectivity index (χ1) is 11.6. The van der Waals surface area contributed by atoms with Gasteiger partial charge in [0.1, 0.15) is 12.2 Å². The molecule has 2 aromatic rings. The number of hydrogen-bond acceptors (Lipinski definition) is 7. The average molecular weight is 347 g/mol. The van der Waals surface area contributed by atoms with Crippen molar-refractivity contribution in [3.63, 3.8) is 0 Å². The summed E-state index contributed by atoms with van der Waals surface area (Å²) in [5.74, 6) is -0.253. The summed E-state index contributed by atoms with van der Waals surface area (Å²) in [7, 11) is 0. The molecule has 0 aliphatic carbocycles. The monoisotopic (exact) mass is 347 g/mol. The number of hydrogen-bond donors (Lipinski definition) is 0. The standard InChI is InChI=1S/C16H13NO6S/c1-24-11-4-2-10(3-5-11)8-21-16(18)12-6-14-15(23-9-22-14)7-13(12)17(19)20/h2-7H,8-9H2,1H3. The summed E-state index contributed by atoms with van der Waals surface area (Å²) in [6.07, 6.45) is 1.97. The van der Waals surface area contributed by atoms with Crippen molar-refractivity contribution in [1.82, 2.24) is 0 Å². The molecule has 0 fully saturated rings. The Kier molecular flexibility index (Phi) is 4.57. The molecule has 0 amide bonds. The van der Waals surface area contributed by atoms with E-state index >= 15 is 0 Å². The lowest BCUT2D eigenvalue weighted by atomic mass is 10.1. The quantitative estimate of drug-likeness (QED) is 0.354. The molecule has 8 heteroatoms. The predicted octanol–water partition coefficient (Wildman–Crippen LogP) is 3.40. The summed E-state index contributed by atoms with van der Waals surface area (Å²) in [5.41, 5.74) is 0.261. The molecule has 0 unspecified atom stereocenters. The fourth-order valence-electron chi connectivity index (χ4n) is 2.19. The Morgan fingerprint density at radius 2 is 1.92 bits per heavy atom. The van der Waals surface area contributed by atoms with Crippen LogP contribution in [0.25, 0.3) is 0 Å². The minimum Gasteiger partial charge on any atom is -0.457 e. The molecule has 0 atom stereocenters. The summed E-state index contributed by atoms with van der Waals surface area (Å²) in [6.45, 7) is -0.00807. The van der Waals surface area contributed by atoms with Crippen LogP contribution in [0.4, 0.5) is 5.69 Å². The summed E-state index contributed by atoms with van der Waals surface area (Å²) in [4.78, 5) is 23.9. The minimum absolute atomic E-state index is 0.0269. The second-order valence-electron chi connectivity index (χ2n) is 4.90. The second kappa shape index (κ2) is 6.79. The van der Waals surface area contributed by atoms with Gasteiger partial charge < -0.3 is 14.2 Å². The van der Waals surface area contributed by atoms with Crippen molar-refractivity contribution < 1.29 is 23.9 Å². The molecule has 2 aromatic carbocycles. The maximum atomic E-state index is 12.2. The maximum absolute atomic E-state index is 12.2. The van der Waals surface area contributed by atoms with Crippen molar-refractivity contribution >= 4 is 23.4 Å². The zero-order valence-electron chi connectivity index (χ0n) is 12.7. The van der Waals surface area contributed by atoms with Crippen LogP contribution in [-0.2, 0) is 11.3 Å². The van der Waals surface area contributed by atoms with Gasteiger partial charge in [-0.2, -0.15) is 0 Å². The fraction of sp³-hybridized carbons (Fsp3) is 0.188. The molecule has 7 nitrogen and oxygen atoms in total. The van der Waals surface area contributed by atoms with Gasteiger partial charge in [0.15, 0.2) is 11.5 Å². The molecule has 1 heterocycles. The predicted molar refractivity (Wildman–Crippen MR) is 86.6 cm³/mol. The maximum Gasteiger partial charge on any atom is 0.345 e. The van der Waals surface area contributed by atoms with E-state index in [0.717, 1.165) is 10.5 Å². The molecule has 0 N–H and O–H groups in total. The van der Waals surface area contributed by atoms with Gasteiger partial charge in [0.2, 0.25) is 6.79 Å². The summed E-state index contributed by atoms with van der Waals surface area (Å²) < 4.78 is 15.4. The average Bonchev–Trinajstić information content (AvgIpc) is 3.06. The molecule has 124 valence electrons. The Balaban J connectivity index is 1.77. The Morgan fingerprint density at radius 1 is 1.25 bits per heavy atom. The van der Waals surface area contributed by atoms with Gasteiger partial charge >= 0.3 is 5.97 Å². The van der Waals surface area contributed by atoms with E-state index in [4.69, 9.17) is 14.2 Å². The Morgan fingerprint density at radius 3 is 2.54 bits per heavy atom. The number of nitro groups is 1. The highest BCUT2D eigenvalue weighted by atomic mass is 32.2. The van der Waals surface area contributed by atoms with Gasteiger partial charge in [-0.05, 0) is 24.0 Å². The second-order valence-corrected chi connectivity index (χ2v) is 5.78. The Bertz CT molecular complexity index is 790. The lowest BCUT2D eigenvalue weighted by Gasteiger charge is -2.07. The first-order valence-electron chi connectivity index (χ1n) is 6.96. The van der Waals surface area contributed by atoms with Crippen LogP contribution in [0, 0.1) is 10.1 Å². The molecule has 24 heavy (non-hydrogen) atoms. The Labute approximate surface area is 141 Å².